The van der Waals surface area contributed by atoms with Gasteiger partial charge in [0.05, 0.1) is 18.0 Å². The molecule has 2 aliphatic heterocycles. The van der Waals surface area contributed by atoms with Crippen molar-refractivity contribution in [3.05, 3.63) is 30.1 Å². The summed E-state index contributed by atoms with van der Waals surface area (Å²) in [4.78, 5) is 6.48. The summed E-state index contributed by atoms with van der Waals surface area (Å²) < 4.78 is 32.5. The molecule has 0 radical (unpaired) electrons. The molecule has 1 aromatic heterocycles. The molecule has 0 aromatic carbocycles. The van der Waals surface area contributed by atoms with Gasteiger partial charge in [0.2, 0.25) is 10.0 Å². The van der Waals surface area contributed by atoms with Crippen molar-refractivity contribution in [2.75, 3.05) is 26.2 Å². The predicted octanol–water partition coefficient (Wildman–Crippen LogP) is 0.849. The number of piperazine rings is 1. The van der Waals surface area contributed by atoms with Crippen molar-refractivity contribution in [2.45, 2.75) is 43.3 Å². The van der Waals surface area contributed by atoms with Gasteiger partial charge in [-0.15, -0.1) is 0 Å². The first-order chi connectivity index (χ1) is 11.1. The molecule has 1 aromatic rings. The van der Waals surface area contributed by atoms with E-state index in [1.54, 1.807) is 10.5 Å². The zero-order chi connectivity index (χ0) is 15.9. The fourth-order valence-corrected chi connectivity index (χ4v) is 5.46. The number of ether oxygens (including phenoxy) is 1. The van der Waals surface area contributed by atoms with E-state index < -0.39 is 10.0 Å². The molecule has 3 aliphatic rings. The van der Waals surface area contributed by atoms with Crippen LogP contribution in [0.25, 0.3) is 0 Å². The normalized spacial score (nSPS) is 29.6. The second kappa shape index (κ2) is 6.12. The number of nitrogens with zero attached hydrogens (tertiary/aromatic N) is 3. The lowest BCUT2D eigenvalue weighted by Crippen LogP contribution is -2.52. The summed E-state index contributed by atoms with van der Waals surface area (Å²) in [5.41, 5.74) is 1.08. The standard InChI is InChI=1S/C16H23N3O3S/c20-23(21,16-3-4-16)19-7-6-18-11-15(8-14(18)10-19)22-12-13-2-1-5-17-9-13/h1-2,5,9,14-16H,3-4,6-8,10-12H2/t14-,15+/m0/s1. The van der Waals surface area contributed by atoms with E-state index in [1.807, 2.05) is 18.3 Å². The van der Waals surface area contributed by atoms with Gasteiger partial charge < -0.3 is 4.74 Å². The van der Waals surface area contributed by atoms with Gasteiger partial charge in [-0.1, -0.05) is 6.07 Å². The van der Waals surface area contributed by atoms with Crippen LogP contribution in [0.2, 0.25) is 0 Å². The number of fused-ring (bicyclic) bond motifs is 1. The Morgan fingerprint density at radius 1 is 1.26 bits per heavy atom. The minimum atomic E-state index is -3.04. The number of pyridine rings is 1. The highest BCUT2D eigenvalue weighted by Gasteiger charge is 2.45. The summed E-state index contributed by atoms with van der Waals surface area (Å²) in [6.07, 6.45) is 6.36. The molecule has 3 fully saturated rings. The summed E-state index contributed by atoms with van der Waals surface area (Å²) in [5, 5.41) is -0.104. The molecule has 0 bridgehead atoms. The monoisotopic (exact) mass is 337 g/mol. The lowest BCUT2D eigenvalue weighted by Gasteiger charge is -2.36. The van der Waals surface area contributed by atoms with Gasteiger partial charge in [-0.3, -0.25) is 9.88 Å². The van der Waals surface area contributed by atoms with Gasteiger partial charge in [-0.05, 0) is 30.9 Å². The van der Waals surface area contributed by atoms with E-state index in [1.165, 1.54) is 0 Å². The highest BCUT2D eigenvalue weighted by molar-refractivity contribution is 7.90. The van der Waals surface area contributed by atoms with Crippen LogP contribution in [-0.2, 0) is 21.4 Å². The van der Waals surface area contributed by atoms with Gasteiger partial charge in [0.25, 0.3) is 0 Å². The molecule has 7 heteroatoms. The number of aromatic nitrogens is 1. The van der Waals surface area contributed by atoms with Crippen molar-refractivity contribution >= 4 is 10.0 Å². The van der Waals surface area contributed by atoms with E-state index >= 15 is 0 Å². The van der Waals surface area contributed by atoms with Crippen molar-refractivity contribution in [2.24, 2.45) is 0 Å². The fourth-order valence-electron chi connectivity index (χ4n) is 3.59. The maximum absolute atomic E-state index is 12.4. The van der Waals surface area contributed by atoms with Crippen LogP contribution in [0.4, 0.5) is 0 Å². The van der Waals surface area contributed by atoms with Crippen molar-refractivity contribution in [1.82, 2.24) is 14.2 Å². The molecule has 1 aliphatic carbocycles. The Hall–Kier alpha value is -1.02. The predicted molar refractivity (Wildman–Crippen MR) is 86.3 cm³/mol. The SMILES string of the molecule is O=S(=O)(C1CC1)N1CCN2C[C@H](OCc3cccnc3)C[C@H]2C1. The van der Waals surface area contributed by atoms with Crippen molar-refractivity contribution < 1.29 is 13.2 Å². The molecule has 4 rings (SSSR count). The van der Waals surface area contributed by atoms with E-state index in [0.717, 1.165) is 37.9 Å². The molecule has 0 N–H and O–H groups in total. The minimum absolute atomic E-state index is 0.104. The highest BCUT2D eigenvalue weighted by Crippen LogP contribution is 2.33. The third-order valence-corrected chi connectivity index (χ3v) is 7.42. The second-order valence-electron chi connectivity index (χ2n) is 6.78. The maximum atomic E-state index is 12.4. The van der Waals surface area contributed by atoms with E-state index in [-0.39, 0.29) is 11.4 Å². The molecule has 1 saturated carbocycles. The summed E-state index contributed by atoms with van der Waals surface area (Å²) in [7, 11) is -3.04. The first-order valence-electron chi connectivity index (χ1n) is 8.36. The quantitative estimate of drug-likeness (QED) is 0.797. The summed E-state index contributed by atoms with van der Waals surface area (Å²) in [5.74, 6) is 0. The molecule has 126 valence electrons. The molecule has 3 heterocycles. The van der Waals surface area contributed by atoms with Gasteiger partial charge in [0.1, 0.15) is 0 Å². The zero-order valence-electron chi connectivity index (χ0n) is 13.2. The van der Waals surface area contributed by atoms with Gasteiger partial charge in [-0.2, -0.15) is 4.31 Å². The van der Waals surface area contributed by atoms with E-state index in [2.05, 4.69) is 9.88 Å². The third-order valence-electron chi connectivity index (χ3n) is 5.05. The Labute approximate surface area is 137 Å². The molecule has 0 spiro atoms. The van der Waals surface area contributed by atoms with Gasteiger partial charge in [-0.25, -0.2) is 8.42 Å². The molecule has 0 unspecified atom stereocenters. The highest BCUT2D eigenvalue weighted by atomic mass is 32.2. The van der Waals surface area contributed by atoms with Gasteiger partial charge in [0.15, 0.2) is 0 Å². The molecule has 2 saturated heterocycles. The Bertz CT molecular complexity index is 648. The zero-order valence-corrected chi connectivity index (χ0v) is 14.0. The van der Waals surface area contributed by atoms with Crippen LogP contribution in [0.1, 0.15) is 24.8 Å². The summed E-state index contributed by atoms with van der Waals surface area (Å²) in [6, 6.07) is 4.23. The van der Waals surface area contributed by atoms with Gasteiger partial charge >= 0.3 is 0 Å². The summed E-state index contributed by atoms with van der Waals surface area (Å²) >= 11 is 0. The Kier molecular flexibility index (Phi) is 4.13. The second-order valence-corrected chi connectivity index (χ2v) is 8.99. The smallest absolute Gasteiger partial charge is 0.217 e. The van der Waals surface area contributed by atoms with Crippen molar-refractivity contribution in [3.8, 4) is 0 Å². The Balaban J connectivity index is 1.33. The first kappa shape index (κ1) is 15.5. The molecular weight excluding hydrogens is 314 g/mol. The third kappa shape index (κ3) is 3.28. The topological polar surface area (TPSA) is 62.7 Å². The van der Waals surface area contributed by atoms with Crippen LogP contribution in [0.5, 0.6) is 0 Å². The van der Waals surface area contributed by atoms with E-state index in [0.29, 0.717) is 25.7 Å². The average Bonchev–Trinajstić information content (AvgIpc) is 3.34. The minimum Gasteiger partial charge on any atom is -0.372 e. The number of hydrogen-bond acceptors (Lipinski definition) is 5. The number of rotatable bonds is 5. The van der Waals surface area contributed by atoms with Crippen LogP contribution in [0.15, 0.2) is 24.5 Å². The lowest BCUT2D eigenvalue weighted by atomic mass is 10.1. The largest absolute Gasteiger partial charge is 0.372 e. The average molecular weight is 337 g/mol. The number of hydrogen-bond donors (Lipinski definition) is 0. The summed E-state index contributed by atoms with van der Waals surface area (Å²) in [6.45, 7) is 3.56. The lowest BCUT2D eigenvalue weighted by molar-refractivity contribution is 0.0465. The Morgan fingerprint density at radius 2 is 2.13 bits per heavy atom. The fraction of sp³-hybridized carbons (Fsp3) is 0.688. The van der Waals surface area contributed by atoms with E-state index in [4.69, 9.17) is 4.74 Å². The molecule has 23 heavy (non-hydrogen) atoms. The van der Waals surface area contributed by atoms with Crippen LogP contribution in [0.3, 0.4) is 0 Å². The van der Waals surface area contributed by atoms with Crippen molar-refractivity contribution in [1.29, 1.82) is 0 Å². The van der Waals surface area contributed by atoms with Crippen LogP contribution in [0, 0.1) is 0 Å². The Morgan fingerprint density at radius 3 is 2.87 bits per heavy atom. The van der Waals surface area contributed by atoms with Crippen LogP contribution < -0.4 is 0 Å². The van der Waals surface area contributed by atoms with E-state index in [9.17, 15) is 8.42 Å². The molecular formula is C16H23N3O3S. The van der Waals surface area contributed by atoms with Crippen LogP contribution in [-0.4, -0.2) is 66.2 Å². The van der Waals surface area contributed by atoms with Crippen LogP contribution >= 0.6 is 0 Å². The van der Waals surface area contributed by atoms with Crippen molar-refractivity contribution in [3.63, 3.8) is 0 Å². The van der Waals surface area contributed by atoms with Gasteiger partial charge in [0, 0.05) is 44.6 Å². The molecule has 2 atom stereocenters. The number of sulfonamides is 1. The molecule has 0 amide bonds. The maximum Gasteiger partial charge on any atom is 0.217 e. The molecule has 6 nitrogen and oxygen atoms in total. The first-order valence-corrected chi connectivity index (χ1v) is 9.87.